The average Bonchev–Trinajstić information content (AvgIpc) is 3.29. The van der Waals surface area contributed by atoms with Crippen LogP contribution in [0.15, 0.2) is 45.6 Å². The molecule has 156 valence electrons. The Balaban J connectivity index is 0.000000296. The predicted molar refractivity (Wildman–Crippen MR) is 113 cm³/mol. The Bertz CT molecular complexity index is 874. The number of amides is 2. The molecule has 2 atom stereocenters. The number of pyridine rings is 2. The van der Waals surface area contributed by atoms with Gasteiger partial charge in [-0.15, -0.1) is 0 Å². The maximum absolute atomic E-state index is 11.5. The molecule has 0 aromatic carbocycles. The van der Waals surface area contributed by atoms with Crippen molar-refractivity contribution < 1.29 is 50.0 Å². The van der Waals surface area contributed by atoms with E-state index in [1.807, 2.05) is 38.1 Å². The fraction of sp³-hybridized carbons (Fsp3) is 0.368. The third-order valence-electron chi connectivity index (χ3n) is 4.30. The van der Waals surface area contributed by atoms with Crippen molar-refractivity contribution in [3.8, 4) is 0 Å². The van der Waals surface area contributed by atoms with Crippen LogP contribution in [0.5, 0.6) is 0 Å². The summed E-state index contributed by atoms with van der Waals surface area (Å²) in [5.74, 6) is 0. The van der Waals surface area contributed by atoms with Gasteiger partial charge in [-0.1, -0.05) is 0 Å². The molecule has 2 saturated heterocycles. The van der Waals surface area contributed by atoms with E-state index in [4.69, 9.17) is 9.47 Å². The van der Waals surface area contributed by atoms with E-state index in [-0.39, 0.29) is 61.4 Å². The summed E-state index contributed by atoms with van der Waals surface area (Å²) in [6.45, 7) is 5.01. The molecular weight excluding hydrogens is 531 g/mol. The van der Waals surface area contributed by atoms with Crippen molar-refractivity contribution in [2.45, 2.75) is 32.1 Å². The second kappa shape index (κ2) is 11.4. The number of carbonyl (C=O) groups excluding carboxylic acids is 2. The molecule has 0 aliphatic carbocycles. The predicted octanol–water partition coefficient (Wildman–Crippen LogP) is 1.49. The van der Waals surface area contributed by atoms with Gasteiger partial charge in [-0.25, -0.2) is 9.59 Å². The average molecular weight is 552 g/mol. The van der Waals surface area contributed by atoms with Crippen LogP contribution in [0.2, 0.25) is 0 Å². The molecule has 4 rings (SSSR count). The zero-order valence-electron chi connectivity index (χ0n) is 17.8. The number of hydrogen-bond acceptors (Lipinski definition) is 6. The molecule has 2 unspecified atom stereocenters. The maximum Gasteiger partial charge on any atom is 1.00 e. The van der Waals surface area contributed by atoms with E-state index >= 15 is 0 Å². The Kier molecular flexibility index (Phi) is 9.55. The molecular formula is C19H21Br2N4NaO4. The van der Waals surface area contributed by atoms with Crippen LogP contribution in [0, 0.1) is 0 Å². The minimum Gasteiger partial charge on any atom is -1.00 e. The number of carbonyl (C=O) groups is 2. The van der Waals surface area contributed by atoms with Crippen molar-refractivity contribution in [2.75, 3.05) is 13.1 Å². The van der Waals surface area contributed by atoms with Crippen molar-refractivity contribution in [3.05, 3.63) is 57.0 Å². The zero-order valence-corrected chi connectivity index (χ0v) is 22.0. The second-order valence-corrected chi connectivity index (χ2v) is 8.53. The molecule has 2 aliphatic heterocycles. The first-order chi connectivity index (χ1) is 13.8. The quantitative estimate of drug-likeness (QED) is 0.581. The third kappa shape index (κ3) is 6.65. The summed E-state index contributed by atoms with van der Waals surface area (Å²) in [5.41, 5.74) is 1.56. The normalized spacial score (nSPS) is 20.0. The Morgan fingerprint density at radius 2 is 1.60 bits per heavy atom. The molecule has 2 fully saturated rings. The summed E-state index contributed by atoms with van der Waals surface area (Å²) in [4.78, 5) is 32.3. The van der Waals surface area contributed by atoms with Gasteiger partial charge in [-0.05, 0) is 70.0 Å². The number of nitrogens with zero attached hydrogens (tertiary/aromatic N) is 3. The zero-order chi connectivity index (χ0) is 21.0. The number of halogens is 2. The standard InChI is InChI=1S/C11H13BrN2O2.C8H7BrN2O2.Na.H/c1-7(2)14-6-10(16-11(14)15)9-4-3-8(12)5-13-9;9-5-1-2-6(10-3-5)7-4-11-8(12)13-7;;/h3-5,7,10H,6H2,1-2H3;1-3,7H,4H2,(H,11,12);;/q;;+1;-1. The van der Waals surface area contributed by atoms with Crippen LogP contribution in [0.1, 0.15) is 38.9 Å². The van der Waals surface area contributed by atoms with E-state index in [1.165, 1.54) is 0 Å². The smallest absolute Gasteiger partial charge is 1.00 e. The van der Waals surface area contributed by atoms with Gasteiger partial charge in [0.15, 0.2) is 12.2 Å². The number of rotatable bonds is 3. The molecule has 0 bridgehead atoms. The van der Waals surface area contributed by atoms with E-state index in [2.05, 4.69) is 47.1 Å². The van der Waals surface area contributed by atoms with E-state index < -0.39 is 0 Å². The van der Waals surface area contributed by atoms with Crippen molar-refractivity contribution in [1.82, 2.24) is 20.2 Å². The number of aromatic nitrogens is 2. The van der Waals surface area contributed by atoms with Crippen LogP contribution in [0.25, 0.3) is 0 Å². The van der Waals surface area contributed by atoms with Gasteiger partial charge in [0, 0.05) is 27.4 Å². The Hall–Kier alpha value is -1.20. The van der Waals surface area contributed by atoms with Crippen LogP contribution in [-0.2, 0) is 9.47 Å². The molecule has 30 heavy (non-hydrogen) atoms. The monoisotopic (exact) mass is 550 g/mol. The molecule has 0 spiro atoms. The van der Waals surface area contributed by atoms with Crippen LogP contribution in [0.3, 0.4) is 0 Å². The first kappa shape index (κ1) is 25.1. The van der Waals surface area contributed by atoms with Crippen LogP contribution in [-0.4, -0.2) is 46.2 Å². The van der Waals surface area contributed by atoms with Crippen LogP contribution in [0.4, 0.5) is 9.59 Å². The molecule has 0 saturated carbocycles. The van der Waals surface area contributed by atoms with E-state index in [1.54, 1.807) is 17.3 Å². The molecule has 11 heteroatoms. The molecule has 1 N–H and O–H groups in total. The first-order valence-corrected chi connectivity index (χ1v) is 10.6. The van der Waals surface area contributed by atoms with Crippen molar-refractivity contribution >= 4 is 44.0 Å². The summed E-state index contributed by atoms with van der Waals surface area (Å²) in [6, 6.07) is 7.62. The van der Waals surface area contributed by atoms with Crippen molar-refractivity contribution in [1.29, 1.82) is 0 Å². The van der Waals surface area contributed by atoms with Gasteiger partial charge in [-0.2, -0.15) is 0 Å². The largest absolute Gasteiger partial charge is 1.00 e. The van der Waals surface area contributed by atoms with E-state index in [9.17, 15) is 9.59 Å². The number of cyclic esters (lactones) is 2. The summed E-state index contributed by atoms with van der Waals surface area (Å²) in [6.07, 6.45) is 2.26. The number of nitrogens with one attached hydrogen (secondary N) is 1. The van der Waals surface area contributed by atoms with Crippen molar-refractivity contribution in [3.63, 3.8) is 0 Å². The van der Waals surface area contributed by atoms with Gasteiger partial charge in [0.1, 0.15) is 0 Å². The molecule has 2 aromatic heterocycles. The van der Waals surface area contributed by atoms with Gasteiger partial charge >= 0.3 is 41.7 Å². The topological polar surface area (TPSA) is 93.7 Å². The molecule has 2 aliphatic rings. The number of hydrogen-bond donors (Lipinski definition) is 1. The fourth-order valence-electron chi connectivity index (χ4n) is 2.76. The second-order valence-electron chi connectivity index (χ2n) is 6.70. The Morgan fingerprint density at radius 1 is 1.03 bits per heavy atom. The van der Waals surface area contributed by atoms with Gasteiger partial charge in [0.25, 0.3) is 0 Å². The summed E-state index contributed by atoms with van der Waals surface area (Å²) >= 11 is 6.60. The van der Waals surface area contributed by atoms with Crippen LogP contribution < -0.4 is 34.9 Å². The Labute approximate surface area is 215 Å². The fourth-order valence-corrected chi connectivity index (χ4v) is 3.23. The SMILES string of the molecule is CC(C)N1CC(c2ccc(Br)cn2)OC1=O.O=C1NCC(c2ccc(Br)cn2)O1.[H-].[Na+]. The summed E-state index contributed by atoms with van der Waals surface area (Å²) in [5, 5.41) is 2.57. The van der Waals surface area contributed by atoms with Crippen molar-refractivity contribution in [2.24, 2.45) is 0 Å². The minimum absolute atomic E-state index is 0. The summed E-state index contributed by atoms with van der Waals surface area (Å²) in [7, 11) is 0. The van der Waals surface area contributed by atoms with E-state index in [0.717, 1.165) is 20.3 Å². The van der Waals surface area contributed by atoms with Gasteiger partial charge in [0.05, 0.1) is 24.5 Å². The number of alkyl carbamates (subject to hydrolysis) is 1. The van der Waals surface area contributed by atoms with Gasteiger partial charge in [-0.3, -0.25) is 9.97 Å². The maximum atomic E-state index is 11.5. The molecule has 8 nitrogen and oxygen atoms in total. The molecule has 4 heterocycles. The van der Waals surface area contributed by atoms with Crippen LogP contribution >= 0.6 is 31.9 Å². The Morgan fingerprint density at radius 3 is 2.00 bits per heavy atom. The first-order valence-electron chi connectivity index (χ1n) is 8.98. The van der Waals surface area contributed by atoms with Gasteiger partial charge < -0.3 is 21.1 Å². The summed E-state index contributed by atoms with van der Waals surface area (Å²) < 4.78 is 12.1. The van der Waals surface area contributed by atoms with Gasteiger partial charge in [0.2, 0.25) is 0 Å². The molecule has 0 radical (unpaired) electrons. The number of ether oxygens (including phenoxy) is 2. The van der Waals surface area contributed by atoms with E-state index in [0.29, 0.717) is 13.1 Å². The third-order valence-corrected chi connectivity index (χ3v) is 5.24. The minimum atomic E-state index is -0.380. The molecule has 2 amide bonds. The molecule has 2 aromatic rings.